The van der Waals surface area contributed by atoms with Crippen LogP contribution in [-0.2, 0) is 6.54 Å². The fourth-order valence-corrected chi connectivity index (χ4v) is 1.98. The van der Waals surface area contributed by atoms with Crippen LogP contribution < -0.4 is 5.32 Å². The minimum Gasteiger partial charge on any atom is -0.316 e. The number of nitrogens with one attached hydrogen (secondary N) is 1. The molecule has 0 bridgehead atoms. The van der Waals surface area contributed by atoms with Crippen LogP contribution in [0.2, 0.25) is 0 Å². The van der Waals surface area contributed by atoms with E-state index in [-0.39, 0.29) is 5.82 Å². The summed E-state index contributed by atoms with van der Waals surface area (Å²) in [7, 11) is 1.82. The Labute approximate surface area is 105 Å². The minimum atomic E-state index is -0.391. The first-order valence-electron chi connectivity index (χ1n) is 5.82. The lowest BCUT2D eigenvalue weighted by atomic mass is 9.98. The monoisotopic (exact) mass is 247 g/mol. The third-order valence-corrected chi connectivity index (χ3v) is 2.92. The summed E-state index contributed by atoms with van der Waals surface area (Å²) < 4.78 is 27.5. The SMILES string of the molecule is CNCc1ccccc1-c1cc(F)c(C)cc1F. The molecule has 1 nitrogen and oxygen atoms in total. The predicted octanol–water partition coefficient (Wildman–Crippen LogP) is 3.66. The Morgan fingerprint density at radius 2 is 1.72 bits per heavy atom. The van der Waals surface area contributed by atoms with Gasteiger partial charge in [0.15, 0.2) is 0 Å². The van der Waals surface area contributed by atoms with Gasteiger partial charge in [0.25, 0.3) is 0 Å². The van der Waals surface area contributed by atoms with Crippen LogP contribution in [0.15, 0.2) is 36.4 Å². The van der Waals surface area contributed by atoms with E-state index >= 15 is 0 Å². The van der Waals surface area contributed by atoms with Gasteiger partial charge in [-0.05, 0) is 42.8 Å². The third kappa shape index (κ3) is 2.41. The van der Waals surface area contributed by atoms with Crippen molar-refractivity contribution in [3.05, 3.63) is 59.2 Å². The first-order valence-corrected chi connectivity index (χ1v) is 5.82. The van der Waals surface area contributed by atoms with Gasteiger partial charge in [-0.15, -0.1) is 0 Å². The zero-order chi connectivity index (χ0) is 13.1. The first kappa shape index (κ1) is 12.7. The lowest BCUT2D eigenvalue weighted by molar-refractivity contribution is 0.595. The second-order valence-corrected chi connectivity index (χ2v) is 4.27. The van der Waals surface area contributed by atoms with Crippen molar-refractivity contribution in [3.63, 3.8) is 0 Å². The Hall–Kier alpha value is -1.74. The van der Waals surface area contributed by atoms with Crippen molar-refractivity contribution in [2.75, 3.05) is 7.05 Å². The van der Waals surface area contributed by atoms with E-state index < -0.39 is 5.82 Å². The maximum Gasteiger partial charge on any atom is 0.131 e. The maximum atomic E-state index is 13.9. The highest BCUT2D eigenvalue weighted by atomic mass is 19.1. The molecule has 1 N–H and O–H groups in total. The van der Waals surface area contributed by atoms with E-state index in [0.29, 0.717) is 17.7 Å². The van der Waals surface area contributed by atoms with E-state index in [1.165, 1.54) is 12.1 Å². The van der Waals surface area contributed by atoms with Gasteiger partial charge in [0.1, 0.15) is 11.6 Å². The van der Waals surface area contributed by atoms with Crippen LogP contribution in [0.3, 0.4) is 0 Å². The quantitative estimate of drug-likeness (QED) is 0.872. The summed E-state index contributed by atoms with van der Waals surface area (Å²) in [5, 5.41) is 3.02. The lowest BCUT2D eigenvalue weighted by Crippen LogP contribution is -2.06. The van der Waals surface area contributed by atoms with E-state index in [4.69, 9.17) is 0 Å². The van der Waals surface area contributed by atoms with Crippen molar-refractivity contribution >= 4 is 0 Å². The van der Waals surface area contributed by atoms with Crippen LogP contribution in [0.25, 0.3) is 11.1 Å². The van der Waals surface area contributed by atoms with Crippen LogP contribution in [0, 0.1) is 18.6 Å². The molecular formula is C15H15F2N. The molecule has 0 heterocycles. The Bertz CT molecular complexity index is 564. The number of rotatable bonds is 3. The molecule has 0 saturated heterocycles. The molecule has 0 aliphatic rings. The van der Waals surface area contributed by atoms with Crippen LogP contribution in [0.5, 0.6) is 0 Å². The summed E-state index contributed by atoms with van der Waals surface area (Å²) in [6.45, 7) is 2.17. The summed E-state index contributed by atoms with van der Waals surface area (Å²) >= 11 is 0. The summed E-state index contributed by atoms with van der Waals surface area (Å²) in [5.41, 5.74) is 2.30. The van der Waals surface area contributed by atoms with Gasteiger partial charge < -0.3 is 5.32 Å². The van der Waals surface area contributed by atoms with Crippen molar-refractivity contribution in [1.82, 2.24) is 5.32 Å². The minimum absolute atomic E-state index is 0.309. The third-order valence-electron chi connectivity index (χ3n) is 2.92. The van der Waals surface area contributed by atoms with Gasteiger partial charge in [-0.2, -0.15) is 0 Å². The van der Waals surface area contributed by atoms with Gasteiger partial charge in [-0.3, -0.25) is 0 Å². The van der Waals surface area contributed by atoms with Crippen LogP contribution >= 0.6 is 0 Å². The van der Waals surface area contributed by atoms with Gasteiger partial charge >= 0.3 is 0 Å². The molecule has 0 aliphatic carbocycles. The Balaban J connectivity index is 2.58. The van der Waals surface area contributed by atoms with Crippen molar-refractivity contribution in [2.24, 2.45) is 0 Å². The largest absolute Gasteiger partial charge is 0.316 e. The van der Waals surface area contributed by atoms with Crippen molar-refractivity contribution in [1.29, 1.82) is 0 Å². The highest BCUT2D eigenvalue weighted by molar-refractivity contribution is 5.68. The molecule has 94 valence electrons. The van der Waals surface area contributed by atoms with Gasteiger partial charge in [-0.25, -0.2) is 8.78 Å². The molecule has 18 heavy (non-hydrogen) atoms. The number of halogens is 2. The predicted molar refractivity (Wildman–Crippen MR) is 69.3 cm³/mol. The number of hydrogen-bond acceptors (Lipinski definition) is 1. The van der Waals surface area contributed by atoms with E-state index in [9.17, 15) is 8.78 Å². The molecule has 0 aromatic heterocycles. The first-order chi connectivity index (χ1) is 8.63. The van der Waals surface area contributed by atoms with Crippen LogP contribution in [0.4, 0.5) is 8.78 Å². The van der Waals surface area contributed by atoms with E-state index in [1.807, 2.05) is 25.2 Å². The van der Waals surface area contributed by atoms with Crippen molar-refractivity contribution < 1.29 is 8.78 Å². The normalized spacial score (nSPS) is 10.7. The molecular weight excluding hydrogens is 232 g/mol. The molecule has 0 radical (unpaired) electrons. The highest BCUT2D eigenvalue weighted by Gasteiger charge is 2.12. The Morgan fingerprint density at radius 3 is 2.44 bits per heavy atom. The average molecular weight is 247 g/mol. The fourth-order valence-electron chi connectivity index (χ4n) is 1.98. The summed E-state index contributed by atoms with van der Waals surface area (Å²) in [5.74, 6) is -0.775. The zero-order valence-corrected chi connectivity index (χ0v) is 10.4. The van der Waals surface area contributed by atoms with Gasteiger partial charge in [0.05, 0.1) is 0 Å². The van der Waals surface area contributed by atoms with Crippen LogP contribution in [-0.4, -0.2) is 7.05 Å². The molecule has 0 unspecified atom stereocenters. The second-order valence-electron chi connectivity index (χ2n) is 4.27. The molecule has 0 atom stereocenters. The standard InChI is InChI=1S/C15H15F2N/c1-10-7-15(17)13(8-14(10)16)12-6-4-3-5-11(12)9-18-2/h3-8,18H,9H2,1-2H3. The number of benzene rings is 2. The number of aryl methyl sites for hydroxylation is 1. The molecule has 0 fully saturated rings. The van der Waals surface area contributed by atoms with Crippen LogP contribution in [0.1, 0.15) is 11.1 Å². The molecule has 3 heteroatoms. The summed E-state index contributed by atoms with van der Waals surface area (Å²) in [6, 6.07) is 9.92. The Kier molecular flexibility index (Phi) is 3.72. The summed E-state index contributed by atoms with van der Waals surface area (Å²) in [6.07, 6.45) is 0. The van der Waals surface area contributed by atoms with E-state index in [2.05, 4.69) is 5.32 Å². The lowest BCUT2D eigenvalue weighted by Gasteiger charge is -2.11. The second kappa shape index (κ2) is 5.27. The fraction of sp³-hybridized carbons (Fsp3) is 0.200. The van der Waals surface area contributed by atoms with Gasteiger partial charge in [0, 0.05) is 12.1 Å². The van der Waals surface area contributed by atoms with E-state index in [0.717, 1.165) is 11.1 Å². The van der Waals surface area contributed by atoms with Crippen molar-refractivity contribution in [2.45, 2.75) is 13.5 Å². The number of hydrogen-bond donors (Lipinski definition) is 1. The highest BCUT2D eigenvalue weighted by Crippen LogP contribution is 2.28. The van der Waals surface area contributed by atoms with Crippen molar-refractivity contribution in [3.8, 4) is 11.1 Å². The smallest absolute Gasteiger partial charge is 0.131 e. The zero-order valence-electron chi connectivity index (χ0n) is 10.4. The summed E-state index contributed by atoms with van der Waals surface area (Å²) in [4.78, 5) is 0. The maximum absolute atomic E-state index is 13.9. The molecule has 2 rings (SSSR count). The topological polar surface area (TPSA) is 12.0 Å². The van der Waals surface area contributed by atoms with Gasteiger partial charge in [0.2, 0.25) is 0 Å². The molecule has 0 aliphatic heterocycles. The molecule has 2 aromatic rings. The average Bonchev–Trinajstić information content (AvgIpc) is 2.35. The Morgan fingerprint density at radius 1 is 1.00 bits per heavy atom. The molecule has 2 aromatic carbocycles. The molecule has 0 spiro atoms. The molecule has 0 saturated carbocycles. The molecule has 0 amide bonds. The van der Waals surface area contributed by atoms with E-state index in [1.54, 1.807) is 13.0 Å². The van der Waals surface area contributed by atoms with Gasteiger partial charge in [-0.1, -0.05) is 24.3 Å².